The van der Waals surface area contributed by atoms with Gasteiger partial charge >= 0.3 is 0 Å². The zero-order valence-electron chi connectivity index (χ0n) is 8.72. The molecule has 0 bridgehead atoms. The molecular weight excluding hydrogens is 261 g/mol. The van der Waals surface area contributed by atoms with Crippen molar-refractivity contribution in [3.05, 3.63) is 28.5 Å². The van der Waals surface area contributed by atoms with Crippen molar-refractivity contribution in [2.75, 3.05) is 25.6 Å². The van der Waals surface area contributed by atoms with Crippen molar-refractivity contribution in [3.63, 3.8) is 0 Å². The number of rotatable bonds is 6. The van der Waals surface area contributed by atoms with Gasteiger partial charge in [-0.15, -0.1) is 0 Å². The second kappa shape index (κ2) is 6.80. The highest BCUT2D eigenvalue weighted by Crippen LogP contribution is 2.19. The molecule has 84 valence electrons. The summed E-state index contributed by atoms with van der Waals surface area (Å²) in [7, 11) is 1.69. The number of hydrogen-bond donors (Lipinski definition) is 1. The number of methoxy groups -OCH3 is 1. The molecule has 0 radical (unpaired) electrons. The minimum Gasteiger partial charge on any atom is -0.385 e. The highest BCUT2D eigenvalue weighted by molar-refractivity contribution is 9.10. The summed E-state index contributed by atoms with van der Waals surface area (Å²) in [5.74, 6) is -0.239. The predicted molar refractivity (Wildman–Crippen MR) is 63.7 cm³/mol. The molecule has 0 aromatic heterocycles. The van der Waals surface area contributed by atoms with Crippen molar-refractivity contribution in [1.82, 2.24) is 0 Å². The molecule has 4 heteroatoms. The lowest BCUT2D eigenvalue weighted by Gasteiger charge is -2.06. The van der Waals surface area contributed by atoms with E-state index in [1.165, 1.54) is 6.07 Å². The maximum absolute atomic E-state index is 13.1. The molecule has 1 aromatic carbocycles. The van der Waals surface area contributed by atoms with E-state index in [2.05, 4.69) is 21.2 Å². The van der Waals surface area contributed by atoms with E-state index in [-0.39, 0.29) is 5.82 Å². The molecule has 1 aromatic rings. The van der Waals surface area contributed by atoms with Gasteiger partial charge in [0.25, 0.3) is 0 Å². The molecule has 15 heavy (non-hydrogen) atoms. The van der Waals surface area contributed by atoms with Gasteiger partial charge in [-0.1, -0.05) is 0 Å². The minimum absolute atomic E-state index is 0.239. The Hall–Kier alpha value is -0.610. The molecule has 0 atom stereocenters. The van der Waals surface area contributed by atoms with Gasteiger partial charge in [-0.3, -0.25) is 0 Å². The van der Waals surface area contributed by atoms with Gasteiger partial charge in [0.05, 0.1) is 4.47 Å². The predicted octanol–water partition coefficient (Wildman–Crippen LogP) is 3.43. The van der Waals surface area contributed by atoms with Crippen LogP contribution in [0.15, 0.2) is 22.7 Å². The van der Waals surface area contributed by atoms with Gasteiger partial charge in [-0.05, 0) is 47.0 Å². The summed E-state index contributed by atoms with van der Waals surface area (Å²) < 4.78 is 18.5. The van der Waals surface area contributed by atoms with Gasteiger partial charge in [0, 0.05) is 25.9 Å². The molecule has 0 spiro atoms. The van der Waals surface area contributed by atoms with Crippen LogP contribution in [-0.4, -0.2) is 20.3 Å². The molecule has 0 saturated heterocycles. The van der Waals surface area contributed by atoms with Gasteiger partial charge in [0.2, 0.25) is 0 Å². The van der Waals surface area contributed by atoms with Crippen LogP contribution >= 0.6 is 15.9 Å². The Labute approximate surface area is 98.0 Å². The normalized spacial score (nSPS) is 10.3. The van der Waals surface area contributed by atoms with E-state index in [4.69, 9.17) is 4.74 Å². The van der Waals surface area contributed by atoms with Crippen LogP contribution < -0.4 is 5.32 Å². The Morgan fingerprint density at radius 2 is 2.20 bits per heavy atom. The van der Waals surface area contributed by atoms with Crippen LogP contribution in [0, 0.1) is 5.82 Å². The third-order valence-electron chi connectivity index (χ3n) is 2.02. The third kappa shape index (κ3) is 4.62. The van der Waals surface area contributed by atoms with E-state index in [1.807, 2.05) is 6.07 Å². The zero-order chi connectivity index (χ0) is 11.1. The number of nitrogens with one attached hydrogen (secondary N) is 1. The molecule has 0 unspecified atom stereocenters. The van der Waals surface area contributed by atoms with E-state index in [0.717, 1.165) is 31.7 Å². The summed E-state index contributed by atoms with van der Waals surface area (Å²) in [5, 5.41) is 3.16. The molecule has 2 nitrogen and oxygen atoms in total. The number of benzene rings is 1. The standard InChI is InChI=1S/C11H15BrFNO/c1-15-7-3-2-6-14-9-4-5-10(12)11(13)8-9/h4-5,8,14H,2-3,6-7H2,1H3. The van der Waals surface area contributed by atoms with Crippen molar-refractivity contribution in [1.29, 1.82) is 0 Å². The minimum atomic E-state index is -0.239. The highest BCUT2D eigenvalue weighted by atomic mass is 79.9. The van der Waals surface area contributed by atoms with Crippen LogP contribution in [0.5, 0.6) is 0 Å². The molecule has 0 aliphatic heterocycles. The van der Waals surface area contributed by atoms with Gasteiger partial charge in [0.1, 0.15) is 5.82 Å². The van der Waals surface area contributed by atoms with E-state index in [1.54, 1.807) is 13.2 Å². The second-order valence-corrected chi connectivity index (χ2v) is 4.11. The van der Waals surface area contributed by atoms with Gasteiger partial charge < -0.3 is 10.1 Å². The van der Waals surface area contributed by atoms with Crippen LogP contribution in [0.2, 0.25) is 0 Å². The van der Waals surface area contributed by atoms with Crippen molar-refractivity contribution < 1.29 is 9.13 Å². The summed E-state index contributed by atoms with van der Waals surface area (Å²) in [6.45, 7) is 1.61. The first-order valence-electron chi connectivity index (χ1n) is 4.92. The number of unbranched alkanes of at least 4 members (excludes halogenated alkanes) is 1. The van der Waals surface area contributed by atoms with Crippen LogP contribution in [-0.2, 0) is 4.74 Å². The Balaban J connectivity index is 2.28. The molecule has 0 fully saturated rings. The molecule has 0 aliphatic carbocycles. The SMILES string of the molecule is COCCCCNc1ccc(Br)c(F)c1. The average Bonchev–Trinajstić information content (AvgIpc) is 2.23. The fourth-order valence-corrected chi connectivity index (χ4v) is 1.46. The third-order valence-corrected chi connectivity index (χ3v) is 2.67. The van der Waals surface area contributed by atoms with E-state index in [0.29, 0.717) is 4.47 Å². The number of hydrogen-bond acceptors (Lipinski definition) is 2. The Morgan fingerprint density at radius 1 is 1.40 bits per heavy atom. The molecule has 0 aliphatic rings. The van der Waals surface area contributed by atoms with E-state index in [9.17, 15) is 4.39 Å². The van der Waals surface area contributed by atoms with Crippen LogP contribution in [0.25, 0.3) is 0 Å². The number of anilines is 1. The number of ether oxygens (including phenoxy) is 1. The summed E-state index contributed by atoms with van der Waals surface area (Å²) >= 11 is 3.11. The van der Waals surface area contributed by atoms with Crippen LogP contribution in [0.1, 0.15) is 12.8 Å². The molecule has 0 heterocycles. The maximum atomic E-state index is 13.1. The van der Waals surface area contributed by atoms with E-state index < -0.39 is 0 Å². The topological polar surface area (TPSA) is 21.3 Å². The van der Waals surface area contributed by atoms with Crippen LogP contribution in [0.3, 0.4) is 0 Å². The van der Waals surface area contributed by atoms with Gasteiger partial charge in [0.15, 0.2) is 0 Å². The quantitative estimate of drug-likeness (QED) is 0.804. The van der Waals surface area contributed by atoms with E-state index >= 15 is 0 Å². The summed E-state index contributed by atoms with van der Waals surface area (Å²) in [5.41, 5.74) is 0.813. The van der Waals surface area contributed by atoms with Crippen molar-refractivity contribution in [3.8, 4) is 0 Å². The molecule has 1 rings (SSSR count). The summed E-state index contributed by atoms with van der Waals surface area (Å²) in [6, 6.07) is 5.04. The highest BCUT2D eigenvalue weighted by Gasteiger charge is 1.99. The smallest absolute Gasteiger partial charge is 0.139 e. The monoisotopic (exact) mass is 275 g/mol. The van der Waals surface area contributed by atoms with Crippen LogP contribution in [0.4, 0.5) is 10.1 Å². The lowest BCUT2D eigenvalue weighted by atomic mass is 10.3. The molecule has 0 saturated carbocycles. The molecular formula is C11H15BrFNO. The van der Waals surface area contributed by atoms with Gasteiger partial charge in [-0.25, -0.2) is 4.39 Å². The Bertz CT molecular complexity index is 307. The number of halogens is 2. The van der Waals surface area contributed by atoms with Crippen molar-refractivity contribution in [2.45, 2.75) is 12.8 Å². The summed E-state index contributed by atoms with van der Waals surface area (Å²) in [4.78, 5) is 0. The maximum Gasteiger partial charge on any atom is 0.139 e. The van der Waals surface area contributed by atoms with Crippen molar-refractivity contribution >= 4 is 21.6 Å². The first kappa shape index (κ1) is 12.5. The second-order valence-electron chi connectivity index (χ2n) is 3.26. The first-order chi connectivity index (χ1) is 7.24. The Morgan fingerprint density at radius 3 is 2.87 bits per heavy atom. The average molecular weight is 276 g/mol. The lowest BCUT2D eigenvalue weighted by Crippen LogP contribution is -2.03. The summed E-state index contributed by atoms with van der Waals surface area (Å²) in [6.07, 6.45) is 2.04. The largest absolute Gasteiger partial charge is 0.385 e. The molecule has 0 amide bonds. The first-order valence-corrected chi connectivity index (χ1v) is 5.71. The van der Waals surface area contributed by atoms with Gasteiger partial charge in [-0.2, -0.15) is 0 Å². The fraction of sp³-hybridized carbons (Fsp3) is 0.455. The fourth-order valence-electron chi connectivity index (χ4n) is 1.21. The zero-order valence-corrected chi connectivity index (χ0v) is 10.3. The Kier molecular flexibility index (Phi) is 5.65. The molecule has 1 N–H and O–H groups in total. The van der Waals surface area contributed by atoms with Crippen molar-refractivity contribution in [2.24, 2.45) is 0 Å². The lowest BCUT2D eigenvalue weighted by molar-refractivity contribution is 0.194.